The van der Waals surface area contributed by atoms with E-state index in [2.05, 4.69) is 37.4 Å². The summed E-state index contributed by atoms with van der Waals surface area (Å²) in [5.41, 5.74) is 3.42. The molecule has 8 nitrogen and oxygen atoms in total. The van der Waals surface area contributed by atoms with Crippen molar-refractivity contribution in [2.24, 2.45) is 11.3 Å². The maximum atomic E-state index is 13.5. The Morgan fingerprint density at radius 2 is 2.14 bits per heavy atom. The lowest BCUT2D eigenvalue weighted by molar-refractivity contribution is 0.102. The van der Waals surface area contributed by atoms with Crippen LogP contribution in [0.5, 0.6) is 0 Å². The zero-order valence-corrected chi connectivity index (χ0v) is 20.7. The van der Waals surface area contributed by atoms with Crippen LogP contribution in [0, 0.1) is 22.7 Å². The fraction of sp³-hybridized carbons (Fsp3) is 0.500. The van der Waals surface area contributed by atoms with Crippen LogP contribution in [0.4, 0.5) is 23.0 Å². The van der Waals surface area contributed by atoms with Gasteiger partial charge in [0.25, 0.3) is 5.91 Å². The Balaban J connectivity index is 1.49. The number of carbonyl (C=O) groups excluding carboxylic acids is 1. The highest BCUT2D eigenvalue weighted by molar-refractivity contribution is 8.00. The van der Waals surface area contributed by atoms with E-state index in [1.54, 1.807) is 12.1 Å². The van der Waals surface area contributed by atoms with Gasteiger partial charge in [0.05, 0.1) is 23.4 Å². The monoisotopic (exact) mass is 492 g/mol. The maximum absolute atomic E-state index is 13.5. The Labute approximate surface area is 210 Å². The van der Waals surface area contributed by atoms with Gasteiger partial charge in [0.2, 0.25) is 0 Å². The van der Waals surface area contributed by atoms with Crippen LogP contribution in [0.3, 0.4) is 0 Å². The SMILES string of the molecule is N#Cc1ccc2nc1NCCCC[C@@H]1CN(CCC13CC3)c1cc(NSCCO)ccc1C(=O)N2. The number of hydrogen-bond donors (Lipinski definition) is 4. The van der Waals surface area contributed by atoms with Crippen molar-refractivity contribution >= 4 is 40.9 Å². The van der Waals surface area contributed by atoms with Gasteiger partial charge in [0, 0.05) is 31.1 Å². The average molecular weight is 493 g/mol. The summed E-state index contributed by atoms with van der Waals surface area (Å²) >= 11 is 1.45. The Kier molecular flexibility index (Phi) is 7.02. The number of nitrogens with one attached hydrogen (secondary N) is 3. The third kappa shape index (κ3) is 5.19. The zero-order valence-electron chi connectivity index (χ0n) is 19.8. The molecule has 4 N–H and O–H groups in total. The number of amides is 1. The first-order valence-electron chi connectivity index (χ1n) is 12.5. The summed E-state index contributed by atoms with van der Waals surface area (Å²) in [5, 5.41) is 24.9. The summed E-state index contributed by atoms with van der Waals surface area (Å²) < 4.78 is 3.29. The van der Waals surface area contributed by atoms with Gasteiger partial charge >= 0.3 is 0 Å². The minimum Gasteiger partial charge on any atom is -0.395 e. The van der Waals surface area contributed by atoms with Gasteiger partial charge in [-0.3, -0.25) is 4.79 Å². The molecule has 5 rings (SSSR count). The van der Waals surface area contributed by atoms with Gasteiger partial charge in [-0.1, -0.05) is 18.4 Å². The standard InChI is InChI=1S/C26H32N6O2S/c27-16-18-4-7-23-29-24(18)28-11-2-1-3-19-17-32(12-10-26(19)8-9-26)22-15-20(31-35-14-13-33)5-6-21(22)25(34)30-23/h4-7,15,19,31,33H,1-3,8-14,17H2,(H2,28,29,30,34)/t19-/m1/s1. The fourth-order valence-corrected chi connectivity index (χ4v) is 5.92. The Morgan fingerprint density at radius 3 is 2.94 bits per heavy atom. The van der Waals surface area contributed by atoms with Crippen LogP contribution in [0.2, 0.25) is 0 Å². The lowest BCUT2D eigenvalue weighted by Gasteiger charge is -2.41. The molecule has 0 radical (unpaired) electrons. The highest BCUT2D eigenvalue weighted by atomic mass is 32.2. The fourth-order valence-electron chi connectivity index (χ4n) is 5.44. The van der Waals surface area contributed by atoms with Crippen molar-refractivity contribution in [2.45, 2.75) is 38.5 Å². The molecular formula is C26H32N6O2S. The molecule has 1 amide bonds. The summed E-state index contributed by atoms with van der Waals surface area (Å²) in [6.07, 6.45) is 7.11. The number of fused-ring (bicyclic) bond motifs is 7. The molecule has 1 saturated heterocycles. The van der Waals surface area contributed by atoms with Crippen molar-refractivity contribution < 1.29 is 9.90 Å². The predicted octanol–water partition coefficient (Wildman–Crippen LogP) is 4.46. The summed E-state index contributed by atoms with van der Waals surface area (Å²) in [5.74, 6) is 1.93. The topological polar surface area (TPSA) is 113 Å². The molecule has 3 heterocycles. The molecule has 0 unspecified atom stereocenters. The number of aliphatic hydroxyl groups excluding tert-OH is 1. The van der Waals surface area contributed by atoms with E-state index in [0.717, 1.165) is 43.9 Å². The molecule has 184 valence electrons. The molecule has 1 aromatic heterocycles. The molecule has 1 aliphatic carbocycles. The first-order valence-corrected chi connectivity index (χ1v) is 13.4. The summed E-state index contributed by atoms with van der Waals surface area (Å²) in [4.78, 5) is 20.4. The maximum Gasteiger partial charge on any atom is 0.258 e. The van der Waals surface area contributed by atoms with Crippen molar-refractivity contribution in [1.82, 2.24) is 4.98 Å². The second kappa shape index (κ2) is 10.3. The number of nitrogens with zero attached hydrogens (tertiary/aromatic N) is 3. The number of benzene rings is 1. The van der Waals surface area contributed by atoms with Crippen molar-refractivity contribution in [3.63, 3.8) is 0 Å². The average Bonchev–Trinajstić information content (AvgIpc) is 3.65. The number of anilines is 4. The van der Waals surface area contributed by atoms with Crippen molar-refractivity contribution in [3.05, 3.63) is 41.5 Å². The number of aromatic nitrogens is 1. The van der Waals surface area contributed by atoms with Gasteiger partial charge in [0.1, 0.15) is 17.7 Å². The highest BCUT2D eigenvalue weighted by Crippen LogP contribution is 2.58. The van der Waals surface area contributed by atoms with E-state index in [9.17, 15) is 10.1 Å². The normalized spacial score (nSPS) is 21.0. The molecule has 1 saturated carbocycles. The summed E-state index contributed by atoms with van der Waals surface area (Å²) in [6, 6.07) is 11.4. The minimum absolute atomic E-state index is 0.106. The molecule has 2 aliphatic heterocycles. The second-order valence-corrected chi connectivity index (χ2v) is 10.6. The number of rotatable bonds is 4. The molecule has 2 fully saturated rings. The van der Waals surface area contributed by atoms with Gasteiger partial charge in [-0.2, -0.15) is 5.26 Å². The third-order valence-corrected chi connectivity index (χ3v) is 8.34. The van der Waals surface area contributed by atoms with Crippen LogP contribution >= 0.6 is 11.9 Å². The zero-order chi connectivity index (χ0) is 24.3. The largest absolute Gasteiger partial charge is 0.395 e. The van der Waals surface area contributed by atoms with Crippen molar-refractivity contribution in [3.8, 4) is 6.07 Å². The molecule has 3 aliphatic rings. The van der Waals surface area contributed by atoms with E-state index in [4.69, 9.17) is 5.11 Å². The quantitative estimate of drug-likeness (QED) is 0.365. The molecule has 1 aromatic carbocycles. The molecule has 4 bridgehead atoms. The number of carbonyl (C=O) groups is 1. The van der Waals surface area contributed by atoms with Gasteiger partial charge < -0.3 is 25.4 Å². The van der Waals surface area contributed by atoms with Crippen LogP contribution in [0.1, 0.15) is 54.4 Å². The predicted molar refractivity (Wildman–Crippen MR) is 141 cm³/mol. The minimum atomic E-state index is -0.212. The van der Waals surface area contributed by atoms with Crippen molar-refractivity contribution in [2.75, 3.05) is 52.2 Å². The van der Waals surface area contributed by atoms with Gasteiger partial charge in [-0.25, -0.2) is 4.98 Å². The molecule has 1 spiro atoms. The van der Waals surface area contributed by atoms with Crippen LogP contribution in [-0.4, -0.2) is 48.0 Å². The number of piperidine rings is 1. The van der Waals surface area contributed by atoms with Gasteiger partial charge in [-0.15, -0.1) is 0 Å². The van der Waals surface area contributed by atoms with Crippen LogP contribution in [0.15, 0.2) is 30.3 Å². The Hall–Kier alpha value is -2.96. The third-order valence-electron chi connectivity index (χ3n) is 7.57. The van der Waals surface area contributed by atoms with Crippen molar-refractivity contribution in [1.29, 1.82) is 5.26 Å². The Morgan fingerprint density at radius 1 is 1.26 bits per heavy atom. The smallest absolute Gasteiger partial charge is 0.258 e. The van der Waals surface area contributed by atoms with E-state index < -0.39 is 0 Å². The van der Waals surface area contributed by atoms with E-state index in [-0.39, 0.29) is 12.5 Å². The van der Waals surface area contributed by atoms with Crippen LogP contribution in [-0.2, 0) is 0 Å². The second-order valence-electron chi connectivity index (χ2n) is 9.74. The molecule has 9 heteroatoms. The first-order chi connectivity index (χ1) is 17.1. The number of nitriles is 1. The van der Waals surface area contributed by atoms with Crippen LogP contribution in [0.25, 0.3) is 0 Å². The molecule has 1 atom stereocenters. The first kappa shape index (κ1) is 23.8. The van der Waals surface area contributed by atoms with E-state index >= 15 is 0 Å². The molecular weight excluding hydrogens is 460 g/mol. The van der Waals surface area contributed by atoms with E-state index in [0.29, 0.717) is 39.8 Å². The van der Waals surface area contributed by atoms with E-state index in [1.807, 2.05) is 12.1 Å². The van der Waals surface area contributed by atoms with Gasteiger partial charge in [0.15, 0.2) is 0 Å². The molecule has 2 aromatic rings. The van der Waals surface area contributed by atoms with E-state index in [1.165, 1.54) is 37.6 Å². The number of pyridine rings is 1. The Bertz CT molecular complexity index is 1130. The lowest BCUT2D eigenvalue weighted by atomic mass is 9.79. The number of aliphatic hydroxyl groups is 1. The highest BCUT2D eigenvalue weighted by Gasteiger charge is 2.51. The summed E-state index contributed by atoms with van der Waals surface area (Å²) in [7, 11) is 0. The summed E-state index contributed by atoms with van der Waals surface area (Å²) in [6.45, 7) is 2.77. The molecule has 35 heavy (non-hydrogen) atoms. The van der Waals surface area contributed by atoms with Gasteiger partial charge in [-0.05, 0) is 73.8 Å². The lowest BCUT2D eigenvalue weighted by Crippen LogP contribution is -2.42. The number of hydrogen-bond acceptors (Lipinski definition) is 8. The van der Waals surface area contributed by atoms with Crippen LogP contribution < -0.4 is 20.3 Å².